The zero-order chi connectivity index (χ0) is 15.7. The third kappa shape index (κ3) is 2.35. The number of hydrogen-bond acceptors (Lipinski definition) is 1. The summed E-state index contributed by atoms with van der Waals surface area (Å²) in [6, 6.07) is 14.6. The number of aldehydes is 1. The third-order valence-corrected chi connectivity index (χ3v) is 4.58. The lowest BCUT2D eigenvalue weighted by Gasteiger charge is -2.08. The van der Waals surface area contributed by atoms with Crippen molar-refractivity contribution in [1.29, 1.82) is 0 Å². The van der Waals surface area contributed by atoms with Crippen molar-refractivity contribution in [3.05, 3.63) is 59.2 Å². The van der Waals surface area contributed by atoms with Crippen LogP contribution in [0.5, 0.6) is 0 Å². The first-order valence-electron chi connectivity index (χ1n) is 7.82. The Bertz CT molecular complexity index is 829. The Labute approximate surface area is 131 Å². The van der Waals surface area contributed by atoms with Crippen LogP contribution in [-0.2, 0) is 0 Å². The second-order valence-electron chi connectivity index (χ2n) is 5.96. The molecular weight excluding hydrogens is 270 g/mol. The molecule has 0 aliphatic rings. The zero-order valence-corrected chi connectivity index (χ0v) is 13.3. The van der Waals surface area contributed by atoms with Gasteiger partial charge in [0, 0.05) is 22.0 Å². The predicted molar refractivity (Wildman–Crippen MR) is 92.6 cm³/mol. The summed E-state index contributed by atoms with van der Waals surface area (Å²) >= 11 is 0. The van der Waals surface area contributed by atoms with Crippen LogP contribution in [0, 0.1) is 6.92 Å². The van der Waals surface area contributed by atoms with Gasteiger partial charge in [0.05, 0.1) is 5.69 Å². The summed E-state index contributed by atoms with van der Waals surface area (Å²) in [6.45, 7) is 6.47. The van der Waals surface area contributed by atoms with Crippen molar-refractivity contribution in [2.24, 2.45) is 0 Å². The monoisotopic (exact) mass is 291 g/mol. The fraction of sp³-hybridized carbons (Fsp3) is 0.250. The molecule has 1 heterocycles. The van der Waals surface area contributed by atoms with Gasteiger partial charge in [0.1, 0.15) is 0 Å². The lowest BCUT2D eigenvalue weighted by atomic mass is 9.96. The number of fused-ring (bicyclic) bond motifs is 1. The van der Waals surface area contributed by atoms with Gasteiger partial charge in [-0.05, 0) is 42.5 Å². The molecule has 22 heavy (non-hydrogen) atoms. The number of carbonyl (C=O) groups is 1. The number of rotatable bonds is 4. The van der Waals surface area contributed by atoms with Crippen LogP contribution in [0.25, 0.3) is 22.2 Å². The van der Waals surface area contributed by atoms with Gasteiger partial charge in [-0.1, -0.05) is 44.2 Å². The number of aromatic amines is 1. The summed E-state index contributed by atoms with van der Waals surface area (Å²) in [4.78, 5) is 15.1. The number of aryl methyl sites for hydroxylation is 1. The van der Waals surface area contributed by atoms with Crippen LogP contribution >= 0.6 is 0 Å². The highest BCUT2D eigenvalue weighted by atomic mass is 16.1. The minimum absolute atomic E-state index is 0.501. The van der Waals surface area contributed by atoms with Crippen LogP contribution in [0.2, 0.25) is 0 Å². The molecule has 0 bridgehead atoms. The number of carbonyl (C=O) groups excluding carboxylic acids is 1. The Hall–Kier alpha value is -2.35. The van der Waals surface area contributed by atoms with E-state index in [9.17, 15) is 4.79 Å². The van der Waals surface area contributed by atoms with E-state index in [0.29, 0.717) is 5.92 Å². The largest absolute Gasteiger partial charge is 0.354 e. The first kappa shape index (κ1) is 14.6. The predicted octanol–water partition coefficient (Wildman–Crippen LogP) is 5.47. The van der Waals surface area contributed by atoms with Gasteiger partial charge in [-0.25, -0.2) is 0 Å². The quantitative estimate of drug-likeness (QED) is 0.635. The Kier molecular flexibility index (Phi) is 3.84. The van der Waals surface area contributed by atoms with E-state index in [4.69, 9.17) is 0 Å². The second kappa shape index (κ2) is 5.80. The number of nitrogens with one attached hydrogen (secondary N) is 1. The lowest BCUT2D eigenvalue weighted by Crippen LogP contribution is -1.91. The maximum Gasteiger partial charge on any atom is 0.152 e. The van der Waals surface area contributed by atoms with Crippen LogP contribution in [0.3, 0.4) is 0 Å². The van der Waals surface area contributed by atoms with Crippen LogP contribution in [0.1, 0.15) is 47.7 Å². The van der Waals surface area contributed by atoms with E-state index in [1.54, 1.807) is 0 Å². The summed E-state index contributed by atoms with van der Waals surface area (Å²) in [7, 11) is 0. The molecule has 0 saturated heterocycles. The van der Waals surface area contributed by atoms with Gasteiger partial charge in [-0.3, -0.25) is 4.79 Å². The highest BCUT2D eigenvalue weighted by Gasteiger charge is 2.15. The van der Waals surface area contributed by atoms with Crippen LogP contribution in [0.15, 0.2) is 42.5 Å². The third-order valence-electron chi connectivity index (χ3n) is 4.58. The topological polar surface area (TPSA) is 32.9 Å². The molecule has 0 fully saturated rings. The van der Waals surface area contributed by atoms with E-state index in [1.165, 1.54) is 11.1 Å². The molecule has 112 valence electrons. The fourth-order valence-electron chi connectivity index (χ4n) is 2.96. The molecule has 2 aromatic carbocycles. The van der Waals surface area contributed by atoms with Crippen LogP contribution < -0.4 is 0 Å². The second-order valence-corrected chi connectivity index (χ2v) is 5.96. The molecule has 0 spiro atoms. The van der Waals surface area contributed by atoms with Gasteiger partial charge in [-0.2, -0.15) is 0 Å². The van der Waals surface area contributed by atoms with Gasteiger partial charge in [0.25, 0.3) is 0 Å². The molecule has 2 nitrogen and oxygen atoms in total. The van der Waals surface area contributed by atoms with Gasteiger partial charge in [0.15, 0.2) is 6.29 Å². The summed E-state index contributed by atoms with van der Waals surface area (Å²) in [5.74, 6) is 0.501. The molecule has 2 heteroatoms. The molecule has 3 aromatic rings. The fourth-order valence-corrected chi connectivity index (χ4v) is 2.96. The molecule has 1 aromatic heterocycles. The first-order valence-corrected chi connectivity index (χ1v) is 7.82. The van der Waals surface area contributed by atoms with Gasteiger partial charge >= 0.3 is 0 Å². The van der Waals surface area contributed by atoms with Crippen molar-refractivity contribution in [3.63, 3.8) is 0 Å². The minimum atomic E-state index is 0.501. The van der Waals surface area contributed by atoms with Crippen LogP contribution in [0.4, 0.5) is 0 Å². The molecule has 1 unspecified atom stereocenters. The first-order chi connectivity index (χ1) is 10.7. The van der Waals surface area contributed by atoms with Gasteiger partial charge in [-0.15, -0.1) is 0 Å². The average Bonchev–Trinajstić information content (AvgIpc) is 2.91. The van der Waals surface area contributed by atoms with Crippen molar-refractivity contribution in [2.45, 2.75) is 33.1 Å². The highest BCUT2D eigenvalue weighted by molar-refractivity contribution is 6.04. The molecule has 0 radical (unpaired) electrons. The number of benzene rings is 2. The smallest absolute Gasteiger partial charge is 0.152 e. The van der Waals surface area contributed by atoms with Crippen molar-refractivity contribution < 1.29 is 4.79 Å². The minimum Gasteiger partial charge on any atom is -0.354 e. The molecule has 1 atom stereocenters. The highest BCUT2D eigenvalue weighted by Crippen LogP contribution is 2.33. The Morgan fingerprint density at radius 3 is 2.64 bits per heavy atom. The molecule has 0 aliphatic heterocycles. The molecule has 0 amide bonds. The summed E-state index contributed by atoms with van der Waals surface area (Å²) < 4.78 is 0. The Morgan fingerprint density at radius 2 is 1.95 bits per heavy atom. The molecule has 3 rings (SSSR count). The summed E-state index contributed by atoms with van der Waals surface area (Å²) in [6.07, 6.45) is 2.07. The number of hydrogen-bond donors (Lipinski definition) is 1. The van der Waals surface area contributed by atoms with Gasteiger partial charge in [0.2, 0.25) is 0 Å². The number of aromatic nitrogens is 1. The molecule has 0 saturated carbocycles. The van der Waals surface area contributed by atoms with E-state index in [1.807, 2.05) is 12.1 Å². The van der Waals surface area contributed by atoms with E-state index in [2.05, 4.69) is 56.1 Å². The lowest BCUT2D eigenvalue weighted by molar-refractivity contribution is 0.112. The Morgan fingerprint density at radius 1 is 1.18 bits per heavy atom. The normalized spacial score (nSPS) is 12.5. The van der Waals surface area contributed by atoms with Crippen molar-refractivity contribution >= 4 is 17.2 Å². The van der Waals surface area contributed by atoms with E-state index in [0.717, 1.165) is 40.4 Å². The SMILES string of the molecule is CCC(C)c1ccc2[nH]c(-c3ccccc3C)c(C=O)c2c1. The average molecular weight is 291 g/mol. The van der Waals surface area contributed by atoms with Gasteiger partial charge < -0.3 is 4.98 Å². The molecular formula is C20H21NO. The molecule has 1 N–H and O–H groups in total. The van der Waals surface area contributed by atoms with Crippen molar-refractivity contribution in [3.8, 4) is 11.3 Å². The van der Waals surface area contributed by atoms with Crippen LogP contribution in [-0.4, -0.2) is 11.3 Å². The summed E-state index contributed by atoms with van der Waals surface area (Å²) in [5, 5.41) is 1.02. The maximum absolute atomic E-state index is 11.7. The van der Waals surface area contributed by atoms with Crippen molar-refractivity contribution in [2.75, 3.05) is 0 Å². The Balaban J connectivity index is 2.25. The maximum atomic E-state index is 11.7. The molecule has 0 aliphatic carbocycles. The zero-order valence-electron chi connectivity index (χ0n) is 13.3. The van der Waals surface area contributed by atoms with E-state index >= 15 is 0 Å². The van der Waals surface area contributed by atoms with E-state index < -0.39 is 0 Å². The van der Waals surface area contributed by atoms with E-state index in [-0.39, 0.29) is 0 Å². The standard InChI is InChI=1S/C20H21NO/c1-4-13(2)15-9-10-19-17(11-15)18(12-22)20(21-19)16-8-6-5-7-14(16)3/h5-13,21H,4H2,1-3H3. The summed E-state index contributed by atoms with van der Waals surface area (Å²) in [5.41, 5.74) is 6.24. The van der Waals surface area contributed by atoms with Crippen molar-refractivity contribution in [1.82, 2.24) is 4.98 Å². The number of H-pyrrole nitrogens is 1.